The van der Waals surface area contributed by atoms with Gasteiger partial charge in [0.05, 0.1) is 17.4 Å². The van der Waals surface area contributed by atoms with Crippen molar-refractivity contribution in [3.05, 3.63) is 66.3 Å². The number of amides is 1. The maximum absolute atomic E-state index is 11.9. The number of benzene rings is 1. The number of nitrogens with one attached hydrogen (secondary N) is 1. The molecule has 1 N–H and O–H groups in total. The third kappa shape index (κ3) is 3.17. The molecule has 0 fully saturated rings. The summed E-state index contributed by atoms with van der Waals surface area (Å²) in [5, 5.41) is 3.77. The normalized spacial score (nSPS) is 11.1. The van der Waals surface area contributed by atoms with Gasteiger partial charge in [0.1, 0.15) is 11.5 Å². The summed E-state index contributed by atoms with van der Waals surface area (Å²) < 4.78 is 5.36. The second kappa shape index (κ2) is 5.63. The number of hydrogen-bond donors (Lipinski definition) is 1. The molecule has 3 rings (SSSR count). The molecule has 0 saturated heterocycles. The van der Waals surface area contributed by atoms with Gasteiger partial charge in [-0.1, -0.05) is 18.2 Å². The van der Waals surface area contributed by atoms with Crippen LogP contribution in [0.25, 0.3) is 17.0 Å². The minimum Gasteiger partial charge on any atom is -0.462 e. The number of carbonyl (C=O) groups excluding carboxylic acids is 1. The highest BCUT2D eigenvalue weighted by molar-refractivity contribution is 6.02. The lowest BCUT2D eigenvalue weighted by Gasteiger charge is -2.03. The molecule has 0 unspecified atom stereocenters. The Hall–Kier alpha value is -2.88. The van der Waals surface area contributed by atoms with E-state index in [1.54, 1.807) is 12.3 Å². The van der Waals surface area contributed by atoms with Gasteiger partial charge in [0, 0.05) is 11.5 Å². The lowest BCUT2D eigenvalue weighted by Crippen LogP contribution is -2.07. The van der Waals surface area contributed by atoms with Crippen LogP contribution in [0, 0.1) is 6.92 Å². The number of nitrogens with zero attached hydrogens (tertiary/aromatic N) is 1. The number of furan rings is 1. The molecule has 0 spiro atoms. The monoisotopic (exact) mass is 278 g/mol. The van der Waals surface area contributed by atoms with Gasteiger partial charge in [0.25, 0.3) is 0 Å². The molecule has 1 amide bonds. The zero-order chi connectivity index (χ0) is 14.7. The van der Waals surface area contributed by atoms with Gasteiger partial charge in [-0.05, 0) is 37.3 Å². The third-order valence-corrected chi connectivity index (χ3v) is 3.02. The SMILES string of the molecule is Cc1ccc(/C=C/C(=O)Nc2cnc3ccccc3c2)o1. The molecule has 0 atom stereocenters. The van der Waals surface area contributed by atoms with E-state index in [9.17, 15) is 4.79 Å². The van der Waals surface area contributed by atoms with Gasteiger partial charge in [-0.25, -0.2) is 0 Å². The Labute approximate surface area is 122 Å². The second-order valence-electron chi connectivity index (χ2n) is 4.69. The fourth-order valence-corrected chi connectivity index (χ4v) is 2.02. The zero-order valence-corrected chi connectivity index (χ0v) is 11.5. The molecule has 2 heterocycles. The van der Waals surface area contributed by atoms with Crippen molar-refractivity contribution in [1.29, 1.82) is 0 Å². The van der Waals surface area contributed by atoms with Gasteiger partial charge in [-0.15, -0.1) is 0 Å². The molecule has 0 bridgehead atoms. The Morgan fingerprint density at radius 3 is 2.90 bits per heavy atom. The average Bonchev–Trinajstić information content (AvgIpc) is 2.91. The number of rotatable bonds is 3. The van der Waals surface area contributed by atoms with Crippen LogP contribution in [0.3, 0.4) is 0 Å². The number of pyridine rings is 1. The molecule has 3 aromatic rings. The summed E-state index contributed by atoms with van der Waals surface area (Å²) in [7, 11) is 0. The molecule has 21 heavy (non-hydrogen) atoms. The van der Waals surface area contributed by atoms with Crippen molar-refractivity contribution in [2.24, 2.45) is 0 Å². The predicted octanol–water partition coefficient (Wildman–Crippen LogP) is 3.79. The predicted molar refractivity (Wildman–Crippen MR) is 82.9 cm³/mol. The number of hydrogen-bond acceptors (Lipinski definition) is 3. The summed E-state index contributed by atoms with van der Waals surface area (Å²) in [5.41, 5.74) is 1.57. The van der Waals surface area contributed by atoms with E-state index in [2.05, 4.69) is 10.3 Å². The Morgan fingerprint density at radius 2 is 2.10 bits per heavy atom. The quantitative estimate of drug-likeness (QED) is 0.742. The number of aryl methyl sites for hydroxylation is 1. The summed E-state index contributed by atoms with van der Waals surface area (Å²) in [5.74, 6) is 1.24. The Bertz CT molecular complexity index is 818. The van der Waals surface area contributed by atoms with E-state index in [-0.39, 0.29) is 5.91 Å². The van der Waals surface area contributed by atoms with Crippen LogP contribution in [0.1, 0.15) is 11.5 Å². The van der Waals surface area contributed by atoms with Crippen LogP contribution in [-0.2, 0) is 4.79 Å². The van der Waals surface area contributed by atoms with Crippen molar-refractivity contribution in [2.75, 3.05) is 5.32 Å². The highest BCUT2D eigenvalue weighted by Crippen LogP contribution is 2.16. The van der Waals surface area contributed by atoms with Crippen molar-refractivity contribution in [3.8, 4) is 0 Å². The Balaban J connectivity index is 1.72. The lowest BCUT2D eigenvalue weighted by molar-refractivity contribution is -0.111. The minimum absolute atomic E-state index is 0.221. The van der Waals surface area contributed by atoms with Crippen LogP contribution >= 0.6 is 0 Å². The molecule has 0 radical (unpaired) electrons. The fraction of sp³-hybridized carbons (Fsp3) is 0.0588. The van der Waals surface area contributed by atoms with Crippen molar-refractivity contribution in [3.63, 3.8) is 0 Å². The van der Waals surface area contributed by atoms with Crippen LogP contribution in [0.4, 0.5) is 5.69 Å². The van der Waals surface area contributed by atoms with E-state index >= 15 is 0 Å². The van der Waals surface area contributed by atoms with Crippen molar-refractivity contribution in [2.45, 2.75) is 6.92 Å². The number of anilines is 1. The first-order valence-corrected chi connectivity index (χ1v) is 6.61. The number of para-hydroxylation sites is 1. The molecule has 2 aromatic heterocycles. The number of carbonyl (C=O) groups is 1. The highest BCUT2D eigenvalue weighted by Gasteiger charge is 2.01. The van der Waals surface area contributed by atoms with Crippen LogP contribution in [0.5, 0.6) is 0 Å². The third-order valence-electron chi connectivity index (χ3n) is 3.02. The maximum atomic E-state index is 11.9. The maximum Gasteiger partial charge on any atom is 0.248 e. The van der Waals surface area contributed by atoms with Crippen LogP contribution in [-0.4, -0.2) is 10.9 Å². The van der Waals surface area contributed by atoms with Gasteiger partial charge >= 0.3 is 0 Å². The van der Waals surface area contributed by atoms with E-state index in [1.165, 1.54) is 6.08 Å². The van der Waals surface area contributed by atoms with Gasteiger partial charge in [0.2, 0.25) is 5.91 Å². The number of fused-ring (bicyclic) bond motifs is 1. The van der Waals surface area contributed by atoms with Gasteiger partial charge in [0.15, 0.2) is 0 Å². The molecule has 1 aromatic carbocycles. The number of aromatic nitrogens is 1. The van der Waals surface area contributed by atoms with Crippen molar-refractivity contribution >= 4 is 28.6 Å². The lowest BCUT2D eigenvalue weighted by atomic mass is 10.2. The molecule has 4 nitrogen and oxygen atoms in total. The van der Waals surface area contributed by atoms with E-state index in [4.69, 9.17) is 4.42 Å². The molecular formula is C17H14N2O2. The van der Waals surface area contributed by atoms with Crippen molar-refractivity contribution < 1.29 is 9.21 Å². The summed E-state index contributed by atoms with van der Waals surface area (Å²) >= 11 is 0. The first kappa shape index (κ1) is 13.1. The molecule has 0 aliphatic heterocycles. The second-order valence-corrected chi connectivity index (χ2v) is 4.69. The van der Waals surface area contributed by atoms with E-state index in [0.29, 0.717) is 11.4 Å². The molecule has 0 saturated carbocycles. The van der Waals surface area contributed by atoms with Crippen LogP contribution in [0.15, 0.2) is 59.2 Å². The highest BCUT2D eigenvalue weighted by atomic mass is 16.3. The zero-order valence-electron chi connectivity index (χ0n) is 11.5. The summed E-state index contributed by atoms with van der Waals surface area (Å²) in [6.45, 7) is 1.86. The molecule has 4 heteroatoms. The van der Waals surface area contributed by atoms with E-state index in [0.717, 1.165) is 16.7 Å². The van der Waals surface area contributed by atoms with Crippen LogP contribution in [0.2, 0.25) is 0 Å². The van der Waals surface area contributed by atoms with Gasteiger partial charge in [-0.2, -0.15) is 0 Å². The van der Waals surface area contributed by atoms with E-state index in [1.807, 2.05) is 49.4 Å². The summed E-state index contributed by atoms with van der Waals surface area (Å²) in [4.78, 5) is 16.2. The minimum atomic E-state index is -0.221. The molecule has 0 aliphatic carbocycles. The Morgan fingerprint density at radius 1 is 1.24 bits per heavy atom. The van der Waals surface area contributed by atoms with E-state index < -0.39 is 0 Å². The average molecular weight is 278 g/mol. The molecule has 104 valence electrons. The standard InChI is InChI=1S/C17H14N2O2/c1-12-6-7-15(21-12)8-9-17(20)19-14-10-13-4-2-3-5-16(13)18-11-14/h2-11H,1H3,(H,19,20)/b9-8+. The fourth-order valence-electron chi connectivity index (χ4n) is 2.02. The van der Waals surface area contributed by atoms with Crippen LogP contribution < -0.4 is 5.32 Å². The Kier molecular flexibility index (Phi) is 3.51. The first-order valence-electron chi connectivity index (χ1n) is 6.61. The molecular weight excluding hydrogens is 264 g/mol. The summed E-state index contributed by atoms with van der Waals surface area (Å²) in [6.07, 6.45) is 4.72. The van der Waals surface area contributed by atoms with Gasteiger partial charge < -0.3 is 9.73 Å². The summed E-state index contributed by atoms with van der Waals surface area (Å²) in [6, 6.07) is 13.3. The molecule has 0 aliphatic rings. The van der Waals surface area contributed by atoms with Crippen molar-refractivity contribution in [1.82, 2.24) is 4.98 Å². The largest absolute Gasteiger partial charge is 0.462 e. The smallest absolute Gasteiger partial charge is 0.248 e. The van der Waals surface area contributed by atoms with Gasteiger partial charge in [-0.3, -0.25) is 9.78 Å². The topological polar surface area (TPSA) is 55.1 Å². The first-order chi connectivity index (χ1) is 10.2.